The Kier molecular flexibility index (Phi) is 3.16. The van der Waals surface area contributed by atoms with Gasteiger partial charge in [-0.05, 0) is 25.7 Å². The van der Waals surface area contributed by atoms with Crippen molar-refractivity contribution in [1.29, 1.82) is 0 Å². The van der Waals surface area contributed by atoms with Gasteiger partial charge in [-0.25, -0.2) is 0 Å². The van der Waals surface area contributed by atoms with E-state index in [2.05, 4.69) is 5.16 Å². The van der Waals surface area contributed by atoms with Crippen molar-refractivity contribution in [3.8, 4) is 0 Å². The maximum Gasteiger partial charge on any atom is 0.129 e. The van der Waals surface area contributed by atoms with Crippen LogP contribution in [0.15, 0.2) is 17.0 Å². The molecule has 0 aromatic carbocycles. The molecule has 1 heterocycles. The average molecular weight is 196 g/mol. The van der Waals surface area contributed by atoms with Gasteiger partial charge in [-0.3, -0.25) is 0 Å². The lowest BCUT2D eigenvalue weighted by molar-refractivity contribution is 0.0136. The molecule has 2 rings (SSSR count). The summed E-state index contributed by atoms with van der Waals surface area (Å²) in [7, 11) is 0. The van der Waals surface area contributed by atoms with Crippen LogP contribution in [0.3, 0.4) is 0 Å². The quantitative estimate of drug-likeness (QED) is 0.795. The van der Waals surface area contributed by atoms with Crippen LogP contribution < -0.4 is 5.73 Å². The van der Waals surface area contributed by atoms with Gasteiger partial charge < -0.3 is 15.0 Å². The Bertz CT molecular complexity index is 253. The summed E-state index contributed by atoms with van der Waals surface area (Å²) in [5.74, 6) is 0. The fourth-order valence-corrected chi connectivity index (χ4v) is 1.77. The van der Waals surface area contributed by atoms with E-state index in [-0.39, 0.29) is 0 Å². The summed E-state index contributed by atoms with van der Waals surface area (Å²) in [6, 6.07) is 0.380. The van der Waals surface area contributed by atoms with E-state index in [0.717, 1.165) is 31.2 Å². The van der Waals surface area contributed by atoms with Crippen LogP contribution in [0.25, 0.3) is 0 Å². The van der Waals surface area contributed by atoms with Gasteiger partial charge in [-0.2, -0.15) is 0 Å². The standard InChI is InChI=1S/C10H16N2O2/c11-9-1-3-10(4-2-9)13-6-8-5-12-14-7-8/h5,7,9-10H,1-4,6,11H2. The van der Waals surface area contributed by atoms with Gasteiger partial charge in [0.15, 0.2) is 0 Å². The number of hydrogen-bond donors (Lipinski definition) is 1. The first-order valence-corrected chi connectivity index (χ1v) is 5.10. The van der Waals surface area contributed by atoms with Gasteiger partial charge >= 0.3 is 0 Å². The van der Waals surface area contributed by atoms with Crippen molar-refractivity contribution >= 4 is 0 Å². The van der Waals surface area contributed by atoms with Crippen molar-refractivity contribution in [2.45, 2.75) is 44.4 Å². The number of aromatic nitrogens is 1. The van der Waals surface area contributed by atoms with Crippen LogP contribution in [0.1, 0.15) is 31.2 Å². The highest BCUT2D eigenvalue weighted by atomic mass is 16.5. The summed E-state index contributed by atoms with van der Waals surface area (Å²) in [6.07, 6.45) is 7.98. The zero-order valence-corrected chi connectivity index (χ0v) is 8.19. The fraction of sp³-hybridized carbons (Fsp3) is 0.700. The monoisotopic (exact) mass is 196 g/mol. The second kappa shape index (κ2) is 4.57. The van der Waals surface area contributed by atoms with E-state index in [1.807, 2.05) is 0 Å². The minimum Gasteiger partial charge on any atom is -0.373 e. The van der Waals surface area contributed by atoms with Gasteiger partial charge in [0, 0.05) is 11.6 Å². The summed E-state index contributed by atoms with van der Waals surface area (Å²) < 4.78 is 10.4. The number of nitrogens with two attached hydrogens (primary N) is 1. The van der Waals surface area contributed by atoms with E-state index in [0.29, 0.717) is 18.8 Å². The lowest BCUT2D eigenvalue weighted by atomic mass is 9.94. The zero-order valence-electron chi connectivity index (χ0n) is 8.19. The average Bonchev–Trinajstić information content (AvgIpc) is 2.70. The van der Waals surface area contributed by atoms with Crippen molar-refractivity contribution in [1.82, 2.24) is 5.16 Å². The van der Waals surface area contributed by atoms with E-state index in [1.54, 1.807) is 12.5 Å². The minimum atomic E-state index is 0.365. The second-order valence-corrected chi connectivity index (χ2v) is 3.88. The van der Waals surface area contributed by atoms with E-state index < -0.39 is 0 Å². The predicted octanol–water partition coefficient (Wildman–Crippen LogP) is 1.46. The Morgan fingerprint density at radius 2 is 2.21 bits per heavy atom. The molecule has 0 unspecified atom stereocenters. The maximum absolute atomic E-state index is 5.81. The second-order valence-electron chi connectivity index (χ2n) is 3.88. The van der Waals surface area contributed by atoms with E-state index in [4.69, 9.17) is 15.0 Å². The summed E-state index contributed by atoms with van der Waals surface area (Å²) in [4.78, 5) is 0. The number of nitrogens with zero attached hydrogens (tertiary/aromatic N) is 1. The van der Waals surface area contributed by atoms with Crippen LogP contribution in [-0.4, -0.2) is 17.3 Å². The highest BCUT2D eigenvalue weighted by Crippen LogP contribution is 2.20. The Morgan fingerprint density at radius 1 is 1.43 bits per heavy atom. The first-order valence-electron chi connectivity index (χ1n) is 5.10. The Labute approximate surface area is 83.4 Å². The lowest BCUT2D eigenvalue weighted by Crippen LogP contribution is -2.30. The van der Waals surface area contributed by atoms with E-state index in [1.165, 1.54) is 0 Å². The highest BCUT2D eigenvalue weighted by molar-refractivity contribution is 4.97. The van der Waals surface area contributed by atoms with Crippen LogP contribution in [-0.2, 0) is 11.3 Å². The predicted molar refractivity (Wildman–Crippen MR) is 51.5 cm³/mol. The normalized spacial score (nSPS) is 27.8. The number of rotatable bonds is 3. The smallest absolute Gasteiger partial charge is 0.129 e. The third-order valence-electron chi connectivity index (χ3n) is 2.69. The molecule has 0 saturated heterocycles. The fourth-order valence-electron chi connectivity index (χ4n) is 1.77. The van der Waals surface area contributed by atoms with Gasteiger partial charge in [-0.15, -0.1) is 0 Å². The maximum atomic E-state index is 5.81. The number of hydrogen-bond acceptors (Lipinski definition) is 4. The zero-order chi connectivity index (χ0) is 9.80. The lowest BCUT2D eigenvalue weighted by Gasteiger charge is -2.25. The van der Waals surface area contributed by atoms with Crippen molar-refractivity contribution < 1.29 is 9.26 Å². The third-order valence-corrected chi connectivity index (χ3v) is 2.69. The molecule has 0 spiro atoms. The van der Waals surface area contributed by atoms with Crippen molar-refractivity contribution in [3.05, 3.63) is 18.0 Å². The molecule has 2 N–H and O–H groups in total. The number of ether oxygens (including phenoxy) is 1. The molecule has 1 aliphatic carbocycles. The minimum absolute atomic E-state index is 0.365. The first kappa shape index (κ1) is 9.68. The topological polar surface area (TPSA) is 61.3 Å². The molecule has 14 heavy (non-hydrogen) atoms. The van der Waals surface area contributed by atoms with Crippen molar-refractivity contribution in [3.63, 3.8) is 0 Å². The van der Waals surface area contributed by atoms with Gasteiger partial charge in [-0.1, -0.05) is 5.16 Å². The van der Waals surface area contributed by atoms with Gasteiger partial charge in [0.25, 0.3) is 0 Å². The molecule has 1 fully saturated rings. The molecule has 0 radical (unpaired) electrons. The molecule has 78 valence electrons. The molecule has 0 amide bonds. The van der Waals surface area contributed by atoms with Crippen molar-refractivity contribution in [2.24, 2.45) is 5.73 Å². The Balaban J connectivity index is 1.71. The third kappa shape index (κ3) is 2.56. The van der Waals surface area contributed by atoms with Gasteiger partial charge in [0.1, 0.15) is 6.26 Å². The SMILES string of the molecule is NC1CCC(OCc2cnoc2)CC1. The van der Waals surface area contributed by atoms with Crippen LogP contribution in [0.5, 0.6) is 0 Å². The summed E-state index contributed by atoms with van der Waals surface area (Å²) in [5, 5.41) is 3.62. The molecule has 1 aromatic heterocycles. The van der Waals surface area contributed by atoms with Crippen LogP contribution in [0.4, 0.5) is 0 Å². The molecular weight excluding hydrogens is 180 g/mol. The summed E-state index contributed by atoms with van der Waals surface area (Å²) in [5.41, 5.74) is 6.81. The summed E-state index contributed by atoms with van der Waals surface area (Å²) in [6.45, 7) is 0.601. The summed E-state index contributed by atoms with van der Waals surface area (Å²) >= 11 is 0. The molecule has 0 atom stereocenters. The Hall–Kier alpha value is -0.870. The molecule has 0 bridgehead atoms. The molecule has 1 saturated carbocycles. The molecule has 4 heteroatoms. The molecule has 1 aromatic rings. The van der Waals surface area contributed by atoms with Gasteiger partial charge in [0.2, 0.25) is 0 Å². The molecule has 0 aliphatic heterocycles. The van der Waals surface area contributed by atoms with Crippen LogP contribution in [0, 0.1) is 0 Å². The largest absolute Gasteiger partial charge is 0.373 e. The van der Waals surface area contributed by atoms with Crippen molar-refractivity contribution in [2.75, 3.05) is 0 Å². The molecular formula is C10H16N2O2. The van der Waals surface area contributed by atoms with Crippen LogP contribution >= 0.6 is 0 Å². The van der Waals surface area contributed by atoms with Crippen LogP contribution in [0.2, 0.25) is 0 Å². The van der Waals surface area contributed by atoms with E-state index >= 15 is 0 Å². The molecule has 1 aliphatic rings. The first-order chi connectivity index (χ1) is 6.84. The van der Waals surface area contributed by atoms with Gasteiger partial charge in [0.05, 0.1) is 18.9 Å². The molecule has 4 nitrogen and oxygen atoms in total. The highest BCUT2D eigenvalue weighted by Gasteiger charge is 2.18. The van der Waals surface area contributed by atoms with E-state index in [9.17, 15) is 0 Å². The Morgan fingerprint density at radius 3 is 2.86 bits per heavy atom.